The van der Waals surface area contributed by atoms with Crippen molar-refractivity contribution in [2.24, 2.45) is 5.92 Å². The number of hydrogen-bond donors (Lipinski definition) is 0. The highest BCUT2D eigenvalue weighted by atomic mass is 16.2. The second-order valence-corrected chi connectivity index (χ2v) is 6.82. The summed E-state index contributed by atoms with van der Waals surface area (Å²) < 4.78 is 0. The van der Waals surface area contributed by atoms with Gasteiger partial charge < -0.3 is 9.80 Å². The third-order valence-electron chi connectivity index (χ3n) is 5.13. The van der Waals surface area contributed by atoms with E-state index < -0.39 is 0 Å². The van der Waals surface area contributed by atoms with Crippen molar-refractivity contribution in [3.8, 4) is 0 Å². The van der Waals surface area contributed by atoms with Crippen molar-refractivity contribution in [2.45, 2.75) is 39.0 Å². The summed E-state index contributed by atoms with van der Waals surface area (Å²) in [6.45, 7) is 4.65. The Balaban J connectivity index is 1.54. The van der Waals surface area contributed by atoms with E-state index in [1.807, 2.05) is 41.0 Å². The summed E-state index contributed by atoms with van der Waals surface area (Å²) in [6.07, 6.45) is 5.72. The molecule has 0 N–H and O–H groups in total. The number of rotatable bonds is 2. The van der Waals surface area contributed by atoms with Crippen LogP contribution >= 0.6 is 0 Å². The topological polar surface area (TPSA) is 40.6 Å². The van der Waals surface area contributed by atoms with E-state index in [0.29, 0.717) is 32.1 Å². The molecule has 0 spiro atoms. The number of carbonyl (C=O) groups is 2. The first-order valence-corrected chi connectivity index (χ1v) is 8.80. The van der Waals surface area contributed by atoms with Gasteiger partial charge in [0.1, 0.15) is 0 Å². The van der Waals surface area contributed by atoms with Gasteiger partial charge in [0.15, 0.2) is 0 Å². The van der Waals surface area contributed by atoms with Crippen LogP contribution in [0.25, 0.3) is 0 Å². The summed E-state index contributed by atoms with van der Waals surface area (Å²) in [5.74, 6) is 0.616. The Hall–Kier alpha value is -1.84. The maximum absolute atomic E-state index is 12.6. The summed E-state index contributed by atoms with van der Waals surface area (Å²) in [5, 5.41) is 0. The smallest absolute Gasteiger partial charge is 0.253 e. The molecule has 1 saturated carbocycles. The lowest BCUT2D eigenvalue weighted by Crippen LogP contribution is -2.52. The van der Waals surface area contributed by atoms with Gasteiger partial charge in [-0.3, -0.25) is 9.59 Å². The molecule has 23 heavy (non-hydrogen) atoms. The van der Waals surface area contributed by atoms with Gasteiger partial charge in [0, 0.05) is 37.7 Å². The Bertz CT molecular complexity index is 553. The normalized spacial score (nSPS) is 19.7. The number of carbonyl (C=O) groups excluding carboxylic acids is 2. The molecule has 0 bridgehead atoms. The van der Waals surface area contributed by atoms with Gasteiger partial charge in [-0.2, -0.15) is 0 Å². The first-order valence-electron chi connectivity index (χ1n) is 8.80. The van der Waals surface area contributed by atoms with Crippen LogP contribution in [0.15, 0.2) is 24.3 Å². The Labute approximate surface area is 138 Å². The molecule has 124 valence electrons. The predicted octanol–water partition coefficient (Wildman–Crippen LogP) is 2.86. The van der Waals surface area contributed by atoms with Gasteiger partial charge in [-0.1, -0.05) is 37.0 Å². The van der Waals surface area contributed by atoms with Crippen LogP contribution in [0.1, 0.15) is 48.0 Å². The number of aryl methyl sites for hydroxylation is 1. The lowest BCUT2D eigenvalue weighted by atomic mass is 9.88. The van der Waals surface area contributed by atoms with E-state index in [-0.39, 0.29) is 11.8 Å². The fourth-order valence-electron chi connectivity index (χ4n) is 3.62. The van der Waals surface area contributed by atoms with Crippen LogP contribution in [-0.2, 0) is 4.79 Å². The molecule has 1 aromatic rings. The Morgan fingerprint density at radius 2 is 1.43 bits per heavy atom. The summed E-state index contributed by atoms with van der Waals surface area (Å²) in [5.41, 5.74) is 1.90. The van der Waals surface area contributed by atoms with Crippen LogP contribution in [0.5, 0.6) is 0 Å². The number of amides is 2. The van der Waals surface area contributed by atoms with Crippen molar-refractivity contribution in [1.82, 2.24) is 9.80 Å². The minimum Gasteiger partial charge on any atom is -0.339 e. The van der Waals surface area contributed by atoms with Gasteiger partial charge in [-0.25, -0.2) is 0 Å². The molecule has 2 aliphatic rings. The first-order chi connectivity index (χ1) is 11.1. The van der Waals surface area contributed by atoms with Gasteiger partial charge in [-0.05, 0) is 31.9 Å². The van der Waals surface area contributed by atoms with Crippen LogP contribution < -0.4 is 0 Å². The monoisotopic (exact) mass is 314 g/mol. The van der Waals surface area contributed by atoms with E-state index in [1.165, 1.54) is 19.3 Å². The lowest BCUT2D eigenvalue weighted by Gasteiger charge is -2.37. The Morgan fingerprint density at radius 1 is 0.870 bits per heavy atom. The zero-order valence-corrected chi connectivity index (χ0v) is 14.0. The lowest BCUT2D eigenvalue weighted by molar-refractivity contribution is -0.138. The summed E-state index contributed by atoms with van der Waals surface area (Å²) in [7, 11) is 0. The molecule has 0 atom stereocenters. The molecule has 1 heterocycles. The average Bonchev–Trinajstić information content (AvgIpc) is 2.62. The molecule has 0 aromatic heterocycles. The molecular weight excluding hydrogens is 288 g/mol. The van der Waals surface area contributed by atoms with E-state index in [1.54, 1.807) is 0 Å². The molecule has 2 fully saturated rings. The van der Waals surface area contributed by atoms with Gasteiger partial charge in [0.2, 0.25) is 5.91 Å². The maximum Gasteiger partial charge on any atom is 0.253 e. The molecule has 1 saturated heterocycles. The summed E-state index contributed by atoms with van der Waals surface area (Å²) in [6, 6.07) is 7.71. The van der Waals surface area contributed by atoms with Crippen molar-refractivity contribution >= 4 is 11.8 Å². The van der Waals surface area contributed by atoms with E-state index in [9.17, 15) is 9.59 Å². The third kappa shape index (κ3) is 3.74. The molecule has 4 heteroatoms. The fourth-order valence-corrected chi connectivity index (χ4v) is 3.62. The van der Waals surface area contributed by atoms with E-state index in [4.69, 9.17) is 0 Å². The molecule has 1 aliphatic carbocycles. The van der Waals surface area contributed by atoms with Gasteiger partial charge in [0.05, 0.1) is 0 Å². The fraction of sp³-hybridized carbons (Fsp3) is 0.579. The van der Waals surface area contributed by atoms with E-state index >= 15 is 0 Å². The minimum atomic E-state index is 0.0785. The van der Waals surface area contributed by atoms with Crippen molar-refractivity contribution in [2.75, 3.05) is 26.2 Å². The van der Waals surface area contributed by atoms with Crippen LogP contribution in [0.4, 0.5) is 0 Å². The van der Waals surface area contributed by atoms with Crippen LogP contribution in [0, 0.1) is 12.8 Å². The number of hydrogen-bond acceptors (Lipinski definition) is 2. The largest absolute Gasteiger partial charge is 0.339 e. The summed E-state index contributed by atoms with van der Waals surface area (Å²) >= 11 is 0. The van der Waals surface area contributed by atoms with Crippen molar-refractivity contribution < 1.29 is 9.59 Å². The first kappa shape index (κ1) is 16.0. The second-order valence-electron chi connectivity index (χ2n) is 6.82. The van der Waals surface area contributed by atoms with Gasteiger partial charge in [-0.15, -0.1) is 0 Å². The molecule has 2 amide bonds. The molecule has 1 aliphatic heterocycles. The molecular formula is C19H26N2O2. The number of benzene rings is 1. The minimum absolute atomic E-state index is 0.0785. The zero-order chi connectivity index (χ0) is 16.2. The van der Waals surface area contributed by atoms with Gasteiger partial charge >= 0.3 is 0 Å². The van der Waals surface area contributed by atoms with Crippen LogP contribution in [0.3, 0.4) is 0 Å². The quantitative estimate of drug-likeness (QED) is 0.842. The van der Waals surface area contributed by atoms with Crippen molar-refractivity contribution in [3.63, 3.8) is 0 Å². The zero-order valence-electron chi connectivity index (χ0n) is 14.0. The number of piperazine rings is 1. The highest BCUT2D eigenvalue weighted by Crippen LogP contribution is 2.26. The van der Waals surface area contributed by atoms with Crippen LogP contribution in [-0.4, -0.2) is 47.8 Å². The van der Waals surface area contributed by atoms with Gasteiger partial charge in [0.25, 0.3) is 5.91 Å². The SMILES string of the molecule is Cc1ccc(C(=O)N2CCN(C(=O)C3CCCCC3)CC2)cc1. The second kappa shape index (κ2) is 7.16. The third-order valence-corrected chi connectivity index (χ3v) is 5.13. The standard InChI is InChI=1S/C19H26N2O2/c1-15-7-9-17(10-8-15)19(23)21-13-11-20(12-14-21)18(22)16-5-3-2-4-6-16/h7-10,16H,2-6,11-14H2,1H3. The highest BCUT2D eigenvalue weighted by molar-refractivity contribution is 5.94. The van der Waals surface area contributed by atoms with Crippen LogP contribution in [0.2, 0.25) is 0 Å². The Morgan fingerprint density at radius 3 is 2.04 bits per heavy atom. The van der Waals surface area contributed by atoms with E-state index in [0.717, 1.165) is 24.0 Å². The molecule has 0 radical (unpaired) electrons. The average molecular weight is 314 g/mol. The van der Waals surface area contributed by atoms with E-state index in [2.05, 4.69) is 0 Å². The summed E-state index contributed by atoms with van der Waals surface area (Å²) in [4.78, 5) is 28.9. The molecule has 1 aromatic carbocycles. The molecule has 0 unspecified atom stereocenters. The maximum atomic E-state index is 12.6. The Kier molecular flexibility index (Phi) is 4.99. The molecule has 3 rings (SSSR count). The van der Waals surface area contributed by atoms with Crippen molar-refractivity contribution in [1.29, 1.82) is 0 Å². The highest BCUT2D eigenvalue weighted by Gasteiger charge is 2.29. The van der Waals surface area contributed by atoms with Crippen molar-refractivity contribution in [3.05, 3.63) is 35.4 Å². The number of nitrogens with zero attached hydrogens (tertiary/aromatic N) is 2. The molecule has 4 nitrogen and oxygen atoms in total. The predicted molar refractivity (Wildman–Crippen MR) is 90.2 cm³/mol.